The fourth-order valence-corrected chi connectivity index (χ4v) is 3.35. The van der Waals surface area contributed by atoms with Gasteiger partial charge in [0.15, 0.2) is 0 Å². The first kappa shape index (κ1) is 10.5. The maximum absolute atomic E-state index is 5.43. The summed E-state index contributed by atoms with van der Waals surface area (Å²) in [5.74, 6) is 0.845. The van der Waals surface area contributed by atoms with Gasteiger partial charge in [0, 0.05) is 19.1 Å². The van der Waals surface area contributed by atoms with Crippen molar-refractivity contribution in [1.82, 2.24) is 4.90 Å². The van der Waals surface area contributed by atoms with Gasteiger partial charge in [0.25, 0.3) is 0 Å². The molecule has 0 spiro atoms. The average molecular weight is 219 g/mol. The molecular weight excluding hydrogens is 198 g/mol. The number of ether oxygens (including phenoxy) is 1. The molecule has 1 aliphatic heterocycles. The van der Waals surface area contributed by atoms with E-state index in [1.165, 1.54) is 19.3 Å². The SMILES string of the molecule is CC1=CC=C2CC(N3CCOCC3)CC2C1. The Labute approximate surface area is 98.0 Å². The summed E-state index contributed by atoms with van der Waals surface area (Å²) in [4.78, 5) is 2.64. The Hall–Kier alpha value is -0.600. The molecule has 2 fully saturated rings. The predicted molar refractivity (Wildman–Crippen MR) is 65.4 cm³/mol. The summed E-state index contributed by atoms with van der Waals surface area (Å²) in [5, 5.41) is 0. The Morgan fingerprint density at radius 1 is 1.19 bits per heavy atom. The van der Waals surface area contributed by atoms with Crippen LogP contribution in [0.15, 0.2) is 23.3 Å². The van der Waals surface area contributed by atoms with Crippen LogP contribution in [-0.4, -0.2) is 37.2 Å². The standard InChI is InChI=1S/C14H21NO/c1-11-2-3-12-9-14(10-13(12)8-11)15-4-6-16-7-5-15/h2-3,13-14H,4-10H2,1H3. The van der Waals surface area contributed by atoms with E-state index < -0.39 is 0 Å². The Balaban J connectivity index is 1.65. The fourth-order valence-electron chi connectivity index (χ4n) is 3.35. The van der Waals surface area contributed by atoms with Crippen molar-refractivity contribution in [3.8, 4) is 0 Å². The van der Waals surface area contributed by atoms with Crippen LogP contribution >= 0.6 is 0 Å². The lowest BCUT2D eigenvalue weighted by Gasteiger charge is -2.32. The van der Waals surface area contributed by atoms with E-state index in [4.69, 9.17) is 4.74 Å². The molecule has 0 aromatic heterocycles. The highest BCUT2D eigenvalue weighted by molar-refractivity contribution is 5.29. The molecule has 0 bridgehead atoms. The summed E-state index contributed by atoms with van der Waals surface area (Å²) in [6, 6.07) is 0.791. The van der Waals surface area contributed by atoms with Gasteiger partial charge in [0.2, 0.25) is 0 Å². The first-order valence-corrected chi connectivity index (χ1v) is 6.51. The molecule has 0 N–H and O–H groups in total. The van der Waals surface area contributed by atoms with Gasteiger partial charge in [-0.1, -0.05) is 23.3 Å². The van der Waals surface area contributed by atoms with Crippen LogP contribution in [0.2, 0.25) is 0 Å². The second-order valence-corrected chi connectivity index (χ2v) is 5.40. The highest BCUT2D eigenvalue weighted by Crippen LogP contribution is 2.40. The van der Waals surface area contributed by atoms with Gasteiger partial charge in [-0.25, -0.2) is 0 Å². The molecule has 2 atom stereocenters. The Morgan fingerprint density at radius 2 is 2.00 bits per heavy atom. The lowest BCUT2D eigenvalue weighted by molar-refractivity contribution is 0.0175. The molecule has 0 amide bonds. The van der Waals surface area contributed by atoms with E-state index in [9.17, 15) is 0 Å². The second-order valence-electron chi connectivity index (χ2n) is 5.40. The van der Waals surface area contributed by atoms with E-state index in [1.807, 2.05) is 0 Å². The number of fused-ring (bicyclic) bond motifs is 1. The van der Waals surface area contributed by atoms with Gasteiger partial charge in [0.1, 0.15) is 0 Å². The summed E-state index contributed by atoms with van der Waals surface area (Å²) >= 11 is 0. The van der Waals surface area contributed by atoms with Gasteiger partial charge in [-0.15, -0.1) is 0 Å². The van der Waals surface area contributed by atoms with E-state index in [1.54, 1.807) is 11.1 Å². The minimum Gasteiger partial charge on any atom is -0.379 e. The molecular formula is C14H21NO. The third kappa shape index (κ3) is 1.96. The predicted octanol–water partition coefficient (Wildman–Crippen LogP) is 2.37. The van der Waals surface area contributed by atoms with Gasteiger partial charge in [-0.2, -0.15) is 0 Å². The van der Waals surface area contributed by atoms with Crippen LogP contribution in [0.3, 0.4) is 0 Å². The molecule has 3 aliphatic rings. The van der Waals surface area contributed by atoms with Crippen molar-refractivity contribution < 1.29 is 4.74 Å². The van der Waals surface area contributed by atoms with E-state index in [2.05, 4.69) is 24.0 Å². The molecule has 0 aromatic carbocycles. The van der Waals surface area contributed by atoms with Crippen LogP contribution < -0.4 is 0 Å². The molecule has 3 rings (SSSR count). The normalized spacial score (nSPS) is 35.6. The van der Waals surface area contributed by atoms with Crippen LogP contribution in [0.5, 0.6) is 0 Å². The number of allylic oxidation sites excluding steroid dienone is 3. The number of hydrogen-bond donors (Lipinski definition) is 0. The quantitative estimate of drug-likeness (QED) is 0.671. The van der Waals surface area contributed by atoms with Crippen molar-refractivity contribution in [3.05, 3.63) is 23.3 Å². The number of nitrogens with zero attached hydrogens (tertiary/aromatic N) is 1. The van der Waals surface area contributed by atoms with Crippen molar-refractivity contribution in [2.24, 2.45) is 5.92 Å². The van der Waals surface area contributed by atoms with Gasteiger partial charge in [-0.3, -0.25) is 4.90 Å². The Kier molecular flexibility index (Phi) is 2.86. The van der Waals surface area contributed by atoms with Crippen molar-refractivity contribution in [2.75, 3.05) is 26.3 Å². The Bertz CT molecular complexity index is 326. The summed E-state index contributed by atoms with van der Waals surface area (Å²) in [6.07, 6.45) is 8.66. The largest absolute Gasteiger partial charge is 0.379 e. The first-order valence-electron chi connectivity index (χ1n) is 6.51. The van der Waals surface area contributed by atoms with Gasteiger partial charge in [-0.05, 0) is 32.1 Å². The fraction of sp³-hybridized carbons (Fsp3) is 0.714. The topological polar surface area (TPSA) is 12.5 Å². The highest BCUT2D eigenvalue weighted by atomic mass is 16.5. The summed E-state index contributed by atoms with van der Waals surface area (Å²) in [7, 11) is 0. The molecule has 88 valence electrons. The third-order valence-electron chi connectivity index (χ3n) is 4.26. The van der Waals surface area contributed by atoms with Crippen LogP contribution in [0.1, 0.15) is 26.2 Å². The van der Waals surface area contributed by atoms with Crippen molar-refractivity contribution >= 4 is 0 Å². The van der Waals surface area contributed by atoms with Crippen LogP contribution in [-0.2, 0) is 4.74 Å². The van der Waals surface area contributed by atoms with Crippen LogP contribution in [0.25, 0.3) is 0 Å². The summed E-state index contributed by atoms with van der Waals surface area (Å²) in [5.41, 5.74) is 3.25. The number of hydrogen-bond acceptors (Lipinski definition) is 2. The van der Waals surface area contributed by atoms with Crippen LogP contribution in [0.4, 0.5) is 0 Å². The minimum atomic E-state index is 0.791. The van der Waals surface area contributed by atoms with Crippen molar-refractivity contribution in [3.63, 3.8) is 0 Å². The molecule has 0 aromatic rings. The lowest BCUT2D eigenvalue weighted by atomic mass is 9.90. The molecule has 0 radical (unpaired) electrons. The van der Waals surface area contributed by atoms with Gasteiger partial charge in [0.05, 0.1) is 13.2 Å². The molecule has 1 saturated carbocycles. The second kappa shape index (κ2) is 4.34. The highest BCUT2D eigenvalue weighted by Gasteiger charge is 2.34. The monoisotopic (exact) mass is 219 g/mol. The van der Waals surface area contributed by atoms with E-state index in [0.717, 1.165) is 38.3 Å². The molecule has 2 heteroatoms. The third-order valence-corrected chi connectivity index (χ3v) is 4.26. The first-order chi connectivity index (χ1) is 7.83. The van der Waals surface area contributed by atoms with E-state index in [0.29, 0.717) is 0 Å². The lowest BCUT2D eigenvalue weighted by Crippen LogP contribution is -2.42. The zero-order valence-electron chi connectivity index (χ0n) is 10.1. The molecule has 1 saturated heterocycles. The smallest absolute Gasteiger partial charge is 0.0594 e. The minimum absolute atomic E-state index is 0.791. The summed E-state index contributed by atoms with van der Waals surface area (Å²) in [6.45, 7) is 6.39. The molecule has 1 heterocycles. The number of morpholine rings is 1. The van der Waals surface area contributed by atoms with Crippen molar-refractivity contribution in [1.29, 1.82) is 0 Å². The number of rotatable bonds is 1. The zero-order chi connectivity index (χ0) is 11.0. The van der Waals surface area contributed by atoms with Crippen molar-refractivity contribution in [2.45, 2.75) is 32.2 Å². The molecule has 2 nitrogen and oxygen atoms in total. The summed E-state index contributed by atoms with van der Waals surface area (Å²) < 4.78 is 5.43. The van der Waals surface area contributed by atoms with Gasteiger partial charge >= 0.3 is 0 Å². The zero-order valence-corrected chi connectivity index (χ0v) is 10.1. The maximum atomic E-state index is 5.43. The maximum Gasteiger partial charge on any atom is 0.0594 e. The van der Waals surface area contributed by atoms with E-state index >= 15 is 0 Å². The van der Waals surface area contributed by atoms with Gasteiger partial charge < -0.3 is 4.74 Å². The molecule has 2 aliphatic carbocycles. The van der Waals surface area contributed by atoms with E-state index in [-0.39, 0.29) is 0 Å². The Morgan fingerprint density at radius 3 is 2.81 bits per heavy atom. The molecule has 2 unspecified atom stereocenters. The molecule has 16 heavy (non-hydrogen) atoms. The van der Waals surface area contributed by atoms with Crippen LogP contribution in [0, 0.1) is 5.92 Å². The average Bonchev–Trinajstić information content (AvgIpc) is 2.73.